The van der Waals surface area contributed by atoms with Crippen LogP contribution in [0.3, 0.4) is 0 Å². The molecule has 0 amide bonds. The quantitative estimate of drug-likeness (QED) is 0.713. The van der Waals surface area contributed by atoms with Gasteiger partial charge in [0.2, 0.25) is 0 Å². The maximum Gasteiger partial charge on any atom is 0.119 e. The van der Waals surface area contributed by atoms with Crippen molar-refractivity contribution in [2.45, 2.75) is 0 Å². The maximum atomic E-state index is 5.52. The normalized spacial score (nSPS) is 10.3. The highest BCUT2D eigenvalue weighted by Gasteiger charge is 1.95. The Morgan fingerprint density at radius 2 is 1.64 bits per heavy atom. The Morgan fingerprint density at radius 3 is 2.14 bits per heavy atom. The first-order valence-electron chi connectivity index (χ1n) is 4.64. The highest BCUT2D eigenvalue weighted by Crippen LogP contribution is 2.16. The fraction of sp³-hybridized carbons (Fsp3) is 0.455. The van der Waals surface area contributed by atoms with E-state index in [1.807, 2.05) is 38.4 Å². The highest BCUT2D eigenvalue weighted by molar-refractivity contribution is 5.31. The summed E-state index contributed by atoms with van der Waals surface area (Å²) in [6.45, 7) is 1.63. The lowest BCUT2D eigenvalue weighted by Gasteiger charge is -2.11. The van der Waals surface area contributed by atoms with E-state index in [1.165, 1.54) is 0 Å². The van der Waals surface area contributed by atoms with E-state index in [9.17, 15) is 0 Å². The first-order valence-corrected chi connectivity index (χ1v) is 4.64. The second-order valence-electron chi connectivity index (χ2n) is 3.33. The van der Waals surface area contributed by atoms with Crippen molar-refractivity contribution in [1.29, 1.82) is 0 Å². The summed E-state index contributed by atoms with van der Waals surface area (Å²) in [6, 6.07) is 7.61. The number of likely N-dealkylation sites (N-methyl/N-ethyl adjacent to an activating group) is 1. The predicted octanol–water partition coefficient (Wildman–Crippen LogP) is 1.64. The summed E-state index contributed by atoms with van der Waals surface area (Å²) in [5.74, 6) is 1.73. The highest BCUT2D eigenvalue weighted by atomic mass is 16.5. The van der Waals surface area contributed by atoms with Crippen molar-refractivity contribution in [1.82, 2.24) is 4.90 Å². The van der Waals surface area contributed by atoms with Crippen LogP contribution in [0.5, 0.6) is 11.5 Å². The monoisotopic (exact) mass is 195 g/mol. The molecule has 78 valence electrons. The van der Waals surface area contributed by atoms with E-state index in [2.05, 4.69) is 4.90 Å². The van der Waals surface area contributed by atoms with Crippen molar-refractivity contribution in [2.24, 2.45) is 0 Å². The van der Waals surface area contributed by atoms with E-state index < -0.39 is 0 Å². The molecule has 0 unspecified atom stereocenters. The third kappa shape index (κ3) is 3.66. The predicted molar refractivity (Wildman–Crippen MR) is 57.0 cm³/mol. The molecule has 0 aliphatic rings. The lowest BCUT2D eigenvalue weighted by Crippen LogP contribution is -2.19. The van der Waals surface area contributed by atoms with Gasteiger partial charge in [-0.1, -0.05) is 0 Å². The van der Waals surface area contributed by atoms with Crippen molar-refractivity contribution in [3.63, 3.8) is 0 Å². The average molecular weight is 195 g/mol. The van der Waals surface area contributed by atoms with Gasteiger partial charge in [0.15, 0.2) is 0 Å². The van der Waals surface area contributed by atoms with Crippen LogP contribution in [0.2, 0.25) is 0 Å². The van der Waals surface area contributed by atoms with Crippen LogP contribution >= 0.6 is 0 Å². The SMILES string of the molecule is COc1ccc(OCCN(C)C)cc1. The molecular weight excluding hydrogens is 178 g/mol. The molecule has 0 fully saturated rings. The first kappa shape index (κ1) is 10.9. The smallest absolute Gasteiger partial charge is 0.119 e. The molecule has 0 N–H and O–H groups in total. The number of hydrogen-bond acceptors (Lipinski definition) is 3. The number of methoxy groups -OCH3 is 1. The number of rotatable bonds is 5. The third-order valence-electron chi connectivity index (χ3n) is 1.87. The number of ether oxygens (including phenoxy) is 2. The van der Waals surface area contributed by atoms with Gasteiger partial charge >= 0.3 is 0 Å². The Morgan fingerprint density at radius 1 is 1.07 bits per heavy atom. The molecule has 0 saturated heterocycles. The largest absolute Gasteiger partial charge is 0.497 e. The molecule has 1 aromatic rings. The lowest BCUT2D eigenvalue weighted by molar-refractivity contribution is 0.261. The molecule has 1 aromatic carbocycles. The molecule has 0 saturated carbocycles. The second kappa shape index (κ2) is 5.50. The zero-order chi connectivity index (χ0) is 10.4. The van der Waals surface area contributed by atoms with Crippen molar-refractivity contribution in [2.75, 3.05) is 34.4 Å². The summed E-state index contributed by atoms with van der Waals surface area (Å²) in [4.78, 5) is 2.09. The Bertz CT molecular complexity index is 256. The zero-order valence-corrected chi connectivity index (χ0v) is 8.99. The minimum atomic E-state index is 0.708. The van der Waals surface area contributed by atoms with Crippen molar-refractivity contribution < 1.29 is 9.47 Å². The number of benzene rings is 1. The molecule has 14 heavy (non-hydrogen) atoms. The van der Waals surface area contributed by atoms with E-state index in [-0.39, 0.29) is 0 Å². The van der Waals surface area contributed by atoms with Crippen molar-refractivity contribution >= 4 is 0 Å². The van der Waals surface area contributed by atoms with Crippen molar-refractivity contribution in [3.8, 4) is 11.5 Å². The molecule has 0 aliphatic heterocycles. The average Bonchev–Trinajstić information content (AvgIpc) is 2.18. The van der Waals surface area contributed by atoms with Gasteiger partial charge in [-0.15, -0.1) is 0 Å². The zero-order valence-electron chi connectivity index (χ0n) is 8.99. The molecule has 0 radical (unpaired) electrons. The van der Waals surface area contributed by atoms with Gasteiger partial charge in [-0.2, -0.15) is 0 Å². The van der Waals surface area contributed by atoms with Gasteiger partial charge in [0.25, 0.3) is 0 Å². The van der Waals surface area contributed by atoms with Crippen LogP contribution < -0.4 is 9.47 Å². The van der Waals surface area contributed by atoms with E-state index in [4.69, 9.17) is 9.47 Å². The van der Waals surface area contributed by atoms with Crippen LogP contribution in [0, 0.1) is 0 Å². The molecule has 0 bridgehead atoms. The van der Waals surface area contributed by atoms with Crippen LogP contribution in [0.25, 0.3) is 0 Å². The van der Waals surface area contributed by atoms with Gasteiger partial charge in [0, 0.05) is 6.54 Å². The molecule has 0 atom stereocenters. The van der Waals surface area contributed by atoms with Gasteiger partial charge in [0.05, 0.1) is 7.11 Å². The summed E-state index contributed by atoms with van der Waals surface area (Å²) in [6.07, 6.45) is 0. The van der Waals surface area contributed by atoms with E-state index in [0.717, 1.165) is 18.0 Å². The fourth-order valence-corrected chi connectivity index (χ4v) is 1.02. The number of hydrogen-bond donors (Lipinski definition) is 0. The van der Waals surface area contributed by atoms with E-state index >= 15 is 0 Å². The molecule has 3 nitrogen and oxygen atoms in total. The van der Waals surface area contributed by atoms with Gasteiger partial charge < -0.3 is 14.4 Å². The molecule has 0 spiro atoms. The van der Waals surface area contributed by atoms with Gasteiger partial charge in [-0.25, -0.2) is 0 Å². The van der Waals surface area contributed by atoms with E-state index in [0.29, 0.717) is 6.61 Å². The minimum absolute atomic E-state index is 0.708. The van der Waals surface area contributed by atoms with Crippen molar-refractivity contribution in [3.05, 3.63) is 24.3 Å². The molecule has 0 aromatic heterocycles. The Kier molecular flexibility index (Phi) is 4.26. The Hall–Kier alpha value is -1.22. The maximum absolute atomic E-state index is 5.52. The Labute approximate surface area is 85.2 Å². The minimum Gasteiger partial charge on any atom is -0.497 e. The summed E-state index contributed by atoms with van der Waals surface area (Å²) in [5.41, 5.74) is 0. The van der Waals surface area contributed by atoms with Crippen LogP contribution in [0.4, 0.5) is 0 Å². The molecule has 0 aliphatic carbocycles. The molecule has 3 heteroatoms. The third-order valence-corrected chi connectivity index (χ3v) is 1.87. The van der Waals surface area contributed by atoms with Crippen LogP contribution in [-0.2, 0) is 0 Å². The first-order chi connectivity index (χ1) is 6.72. The van der Waals surface area contributed by atoms with Crippen LogP contribution in [0.15, 0.2) is 24.3 Å². The second-order valence-corrected chi connectivity index (χ2v) is 3.33. The number of nitrogens with zero attached hydrogens (tertiary/aromatic N) is 1. The summed E-state index contributed by atoms with van der Waals surface area (Å²) < 4.78 is 10.6. The fourth-order valence-electron chi connectivity index (χ4n) is 1.02. The van der Waals surface area contributed by atoms with Gasteiger partial charge in [0.1, 0.15) is 18.1 Å². The van der Waals surface area contributed by atoms with Crippen LogP contribution in [0.1, 0.15) is 0 Å². The molecule has 0 heterocycles. The molecule has 1 rings (SSSR count). The summed E-state index contributed by atoms with van der Waals surface area (Å²) >= 11 is 0. The van der Waals surface area contributed by atoms with Gasteiger partial charge in [-0.3, -0.25) is 0 Å². The van der Waals surface area contributed by atoms with Crippen LogP contribution in [-0.4, -0.2) is 39.3 Å². The standard InChI is InChI=1S/C11H17NO2/c1-12(2)8-9-14-11-6-4-10(13-3)5-7-11/h4-7H,8-9H2,1-3H3. The topological polar surface area (TPSA) is 21.7 Å². The molecular formula is C11H17NO2. The lowest BCUT2D eigenvalue weighted by atomic mass is 10.3. The van der Waals surface area contributed by atoms with Gasteiger partial charge in [-0.05, 0) is 38.4 Å². The summed E-state index contributed by atoms with van der Waals surface area (Å²) in [5, 5.41) is 0. The van der Waals surface area contributed by atoms with E-state index in [1.54, 1.807) is 7.11 Å². The Balaban J connectivity index is 2.36. The summed E-state index contributed by atoms with van der Waals surface area (Å²) in [7, 11) is 5.71.